The summed E-state index contributed by atoms with van der Waals surface area (Å²) in [5.74, 6) is 0.235. The molecule has 0 N–H and O–H groups in total. The molecular formula is C16H17ClO. The van der Waals surface area contributed by atoms with Crippen molar-refractivity contribution in [2.24, 2.45) is 0 Å². The summed E-state index contributed by atoms with van der Waals surface area (Å²) in [5, 5.41) is 0. The second-order valence-corrected chi connectivity index (χ2v) is 4.26. The van der Waals surface area contributed by atoms with Crippen LogP contribution in [0.15, 0.2) is 60.7 Å². The van der Waals surface area contributed by atoms with Crippen LogP contribution in [0.4, 0.5) is 0 Å². The lowest BCUT2D eigenvalue weighted by molar-refractivity contribution is -0.119. The summed E-state index contributed by atoms with van der Waals surface area (Å²) in [6.45, 7) is 1.97. The number of halogens is 1. The van der Waals surface area contributed by atoms with Crippen LogP contribution < -0.4 is 0 Å². The predicted octanol–water partition coefficient (Wildman–Crippen LogP) is 4.02. The second-order valence-electron chi connectivity index (χ2n) is 4.26. The maximum Gasteiger partial charge on any atom is 0.144 e. The highest BCUT2D eigenvalue weighted by molar-refractivity contribution is 5.87. The molecule has 0 aromatic heterocycles. The van der Waals surface area contributed by atoms with Gasteiger partial charge in [-0.15, -0.1) is 12.4 Å². The first-order valence-corrected chi connectivity index (χ1v) is 5.89. The summed E-state index contributed by atoms with van der Waals surface area (Å²) < 4.78 is 0. The fraction of sp³-hybridized carbons (Fsp3) is 0.188. The van der Waals surface area contributed by atoms with Gasteiger partial charge in [0, 0.05) is 12.3 Å². The minimum atomic E-state index is -0.0311. The van der Waals surface area contributed by atoms with Gasteiger partial charge in [-0.3, -0.25) is 4.79 Å². The Labute approximate surface area is 114 Å². The topological polar surface area (TPSA) is 17.1 Å². The maximum absolute atomic E-state index is 12.1. The molecule has 18 heavy (non-hydrogen) atoms. The lowest BCUT2D eigenvalue weighted by Crippen LogP contribution is -2.11. The van der Waals surface area contributed by atoms with Crippen LogP contribution in [0.2, 0.25) is 0 Å². The molecule has 0 spiro atoms. The van der Waals surface area contributed by atoms with E-state index in [0.29, 0.717) is 6.42 Å². The van der Waals surface area contributed by atoms with Gasteiger partial charge in [0.05, 0.1) is 0 Å². The lowest BCUT2D eigenvalue weighted by atomic mass is 9.93. The minimum absolute atomic E-state index is 0. The molecule has 2 heteroatoms. The van der Waals surface area contributed by atoms with E-state index >= 15 is 0 Å². The van der Waals surface area contributed by atoms with Gasteiger partial charge in [0.2, 0.25) is 0 Å². The van der Waals surface area contributed by atoms with Gasteiger partial charge >= 0.3 is 0 Å². The van der Waals surface area contributed by atoms with Gasteiger partial charge in [-0.2, -0.15) is 0 Å². The zero-order chi connectivity index (χ0) is 12.1. The summed E-state index contributed by atoms with van der Waals surface area (Å²) in [6, 6.07) is 19.8. The molecule has 2 aromatic carbocycles. The number of carbonyl (C=O) groups excluding carboxylic acids is 1. The van der Waals surface area contributed by atoms with Gasteiger partial charge in [-0.05, 0) is 11.1 Å². The van der Waals surface area contributed by atoms with Crippen molar-refractivity contribution >= 4 is 18.2 Å². The zero-order valence-corrected chi connectivity index (χ0v) is 11.2. The normalized spacial score (nSPS) is 11.4. The third-order valence-electron chi connectivity index (χ3n) is 3.00. The monoisotopic (exact) mass is 260 g/mol. The maximum atomic E-state index is 12.1. The Hall–Kier alpha value is -1.60. The number of hydrogen-bond donors (Lipinski definition) is 0. The van der Waals surface area contributed by atoms with E-state index in [1.54, 1.807) is 0 Å². The van der Waals surface area contributed by atoms with Crippen molar-refractivity contribution in [3.63, 3.8) is 0 Å². The largest absolute Gasteiger partial charge is 0.299 e. The van der Waals surface area contributed by atoms with Crippen LogP contribution in [0.5, 0.6) is 0 Å². The van der Waals surface area contributed by atoms with Crippen LogP contribution >= 0.6 is 12.4 Å². The van der Waals surface area contributed by atoms with Crippen molar-refractivity contribution in [1.29, 1.82) is 0 Å². The fourth-order valence-electron chi connectivity index (χ4n) is 1.88. The summed E-state index contributed by atoms with van der Waals surface area (Å²) in [7, 11) is 0. The molecule has 0 aliphatic heterocycles. The summed E-state index contributed by atoms with van der Waals surface area (Å²) in [4.78, 5) is 12.1. The Bertz CT molecular complexity index is 479. The van der Waals surface area contributed by atoms with Crippen molar-refractivity contribution in [3.05, 3.63) is 71.8 Å². The van der Waals surface area contributed by atoms with Gasteiger partial charge in [-0.1, -0.05) is 67.6 Å². The second kappa shape index (κ2) is 6.97. The van der Waals surface area contributed by atoms with E-state index in [4.69, 9.17) is 0 Å². The Kier molecular flexibility index (Phi) is 5.60. The summed E-state index contributed by atoms with van der Waals surface area (Å²) in [5.41, 5.74) is 2.17. The van der Waals surface area contributed by atoms with Crippen LogP contribution in [0.25, 0.3) is 0 Å². The molecule has 2 aromatic rings. The first-order valence-electron chi connectivity index (χ1n) is 5.89. The van der Waals surface area contributed by atoms with E-state index in [1.807, 2.05) is 67.6 Å². The Morgan fingerprint density at radius 2 is 1.44 bits per heavy atom. The number of rotatable bonds is 4. The molecule has 0 heterocycles. The molecular weight excluding hydrogens is 244 g/mol. The number of carbonyl (C=O) groups is 1. The smallest absolute Gasteiger partial charge is 0.144 e. The molecule has 1 unspecified atom stereocenters. The number of ketones is 1. The first kappa shape index (κ1) is 14.5. The SMILES string of the molecule is CC(C(=O)Cc1ccccc1)c1ccccc1.Cl. The molecule has 0 bridgehead atoms. The molecule has 0 amide bonds. The molecule has 1 atom stereocenters. The number of hydrogen-bond acceptors (Lipinski definition) is 1. The predicted molar refractivity (Wildman–Crippen MR) is 77.3 cm³/mol. The third kappa shape index (κ3) is 3.71. The average molecular weight is 261 g/mol. The Morgan fingerprint density at radius 3 is 2.00 bits per heavy atom. The van der Waals surface area contributed by atoms with Crippen molar-refractivity contribution < 1.29 is 4.79 Å². The van der Waals surface area contributed by atoms with Crippen LogP contribution in [0.1, 0.15) is 24.0 Å². The van der Waals surface area contributed by atoms with E-state index < -0.39 is 0 Å². The van der Waals surface area contributed by atoms with Crippen LogP contribution in [-0.4, -0.2) is 5.78 Å². The number of benzene rings is 2. The van der Waals surface area contributed by atoms with Crippen molar-refractivity contribution in [2.45, 2.75) is 19.3 Å². The van der Waals surface area contributed by atoms with Gasteiger partial charge < -0.3 is 0 Å². The molecule has 0 aliphatic rings. The minimum Gasteiger partial charge on any atom is -0.299 e. The molecule has 0 aliphatic carbocycles. The van der Waals surface area contributed by atoms with E-state index in [0.717, 1.165) is 11.1 Å². The third-order valence-corrected chi connectivity index (χ3v) is 3.00. The highest BCUT2D eigenvalue weighted by Crippen LogP contribution is 2.17. The van der Waals surface area contributed by atoms with Crippen molar-refractivity contribution in [2.75, 3.05) is 0 Å². The summed E-state index contributed by atoms with van der Waals surface area (Å²) in [6.07, 6.45) is 0.511. The fourth-order valence-corrected chi connectivity index (χ4v) is 1.88. The quantitative estimate of drug-likeness (QED) is 0.811. The molecule has 2 rings (SSSR count). The van der Waals surface area contributed by atoms with Gasteiger partial charge in [0.1, 0.15) is 5.78 Å². The molecule has 0 saturated heterocycles. The van der Waals surface area contributed by atoms with Gasteiger partial charge in [-0.25, -0.2) is 0 Å². The molecule has 1 nitrogen and oxygen atoms in total. The Morgan fingerprint density at radius 1 is 0.944 bits per heavy atom. The van der Waals surface area contributed by atoms with E-state index in [2.05, 4.69) is 0 Å². The molecule has 0 radical (unpaired) electrons. The van der Waals surface area contributed by atoms with Crippen molar-refractivity contribution in [1.82, 2.24) is 0 Å². The van der Waals surface area contributed by atoms with E-state index in [9.17, 15) is 4.79 Å². The molecule has 94 valence electrons. The van der Waals surface area contributed by atoms with Crippen molar-refractivity contribution in [3.8, 4) is 0 Å². The summed E-state index contributed by atoms with van der Waals surface area (Å²) >= 11 is 0. The van der Waals surface area contributed by atoms with Crippen LogP contribution in [-0.2, 0) is 11.2 Å². The number of Topliss-reactive ketones (excluding diaryl/α,β-unsaturated/α-hetero) is 1. The van der Waals surface area contributed by atoms with Gasteiger partial charge in [0.15, 0.2) is 0 Å². The highest BCUT2D eigenvalue weighted by atomic mass is 35.5. The first-order chi connectivity index (χ1) is 8.27. The highest BCUT2D eigenvalue weighted by Gasteiger charge is 2.14. The zero-order valence-electron chi connectivity index (χ0n) is 10.4. The van der Waals surface area contributed by atoms with Gasteiger partial charge in [0.25, 0.3) is 0 Å². The Balaban J connectivity index is 0.00000162. The van der Waals surface area contributed by atoms with E-state index in [-0.39, 0.29) is 24.1 Å². The lowest BCUT2D eigenvalue weighted by Gasteiger charge is -2.10. The van der Waals surface area contributed by atoms with Crippen LogP contribution in [0.3, 0.4) is 0 Å². The molecule has 0 fully saturated rings. The standard InChI is InChI=1S/C16H16O.ClH/c1-13(15-10-6-3-7-11-15)16(17)12-14-8-4-2-5-9-14;/h2-11,13H,12H2,1H3;1H. The van der Waals surface area contributed by atoms with Crippen LogP contribution in [0, 0.1) is 0 Å². The molecule has 0 saturated carbocycles. The average Bonchev–Trinajstić information content (AvgIpc) is 2.40. The van der Waals surface area contributed by atoms with E-state index in [1.165, 1.54) is 0 Å².